The number of hydrogen-bond acceptors (Lipinski definition) is 3. The van der Waals surface area contributed by atoms with Crippen molar-refractivity contribution in [1.82, 2.24) is 0 Å². The van der Waals surface area contributed by atoms with Gasteiger partial charge in [0.1, 0.15) is 6.61 Å². The van der Waals surface area contributed by atoms with Crippen LogP contribution in [0.25, 0.3) is 22.4 Å². The number of halogens is 2. The molecule has 0 N–H and O–H groups in total. The summed E-state index contributed by atoms with van der Waals surface area (Å²) in [5.41, 5.74) is 3.03. The van der Waals surface area contributed by atoms with Crippen molar-refractivity contribution in [1.29, 1.82) is 5.26 Å². The van der Waals surface area contributed by atoms with Crippen LogP contribution in [-0.4, -0.2) is 7.11 Å². The molecule has 0 heterocycles. The van der Waals surface area contributed by atoms with Crippen molar-refractivity contribution < 1.29 is 9.47 Å². The van der Waals surface area contributed by atoms with E-state index in [1.165, 1.54) is 5.39 Å². The Hall–Kier alpha value is -3.26. The van der Waals surface area contributed by atoms with Gasteiger partial charge in [0.05, 0.1) is 23.2 Å². The Kier molecular flexibility index (Phi) is 6.80. The topological polar surface area (TPSA) is 42.2 Å². The smallest absolute Gasteiger partial charge is 0.175 e. The van der Waals surface area contributed by atoms with Crippen molar-refractivity contribution in [2.75, 3.05) is 7.11 Å². The summed E-state index contributed by atoms with van der Waals surface area (Å²) in [6, 6.07) is 27.7. The summed E-state index contributed by atoms with van der Waals surface area (Å²) in [5, 5.41) is 12.5. The first kappa shape index (κ1) is 22.0. The molecule has 0 saturated heterocycles. The van der Waals surface area contributed by atoms with E-state index in [4.69, 9.17) is 21.1 Å². The van der Waals surface area contributed by atoms with Crippen LogP contribution in [0.5, 0.6) is 11.5 Å². The second-order valence-corrected chi connectivity index (χ2v) is 8.37. The first-order valence-electron chi connectivity index (χ1n) is 9.94. The van der Waals surface area contributed by atoms with Crippen molar-refractivity contribution >= 4 is 50.0 Å². The summed E-state index contributed by atoms with van der Waals surface area (Å²) in [5.74, 6) is 1.18. The lowest BCUT2D eigenvalue weighted by Crippen LogP contribution is -2.00. The number of nitriles is 1. The Balaban J connectivity index is 1.65. The van der Waals surface area contributed by atoms with Gasteiger partial charge in [0.2, 0.25) is 0 Å². The van der Waals surface area contributed by atoms with Crippen LogP contribution in [0.4, 0.5) is 0 Å². The number of allylic oxidation sites excluding steroid dienone is 1. The number of fused-ring (bicyclic) bond motifs is 1. The minimum Gasteiger partial charge on any atom is -0.493 e. The molecule has 0 aliphatic carbocycles. The fourth-order valence-electron chi connectivity index (χ4n) is 3.55. The quantitative estimate of drug-likeness (QED) is 0.198. The van der Waals surface area contributed by atoms with Crippen LogP contribution >= 0.6 is 27.5 Å². The normalized spacial score (nSPS) is 11.2. The fourth-order valence-corrected chi connectivity index (χ4v) is 4.36. The van der Waals surface area contributed by atoms with Crippen molar-refractivity contribution in [2.24, 2.45) is 0 Å². The van der Waals surface area contributed by atoms with E-state index in [0.717, 1.165) is 21.0 Å². The number of benzene rings is 4. The monoisotopic (exact) mass is 503 g/mol. The van der Waals surface area contributed by atoms with Crippen LogP contribution in [0.15, 0.2) is 83.3 Å². The predicted octanol–water partition coefficient (Wildman–Crippen LogP) is 7.91. The first-order chi connectivity index (χ1) is 15.6. The maximum atomic E-state index is 9.67. The van der Waals surface area contributed by atoms with Crippen molar-refractivity contribution in [3.8, 4) is 17.6 Å². The van der Waals surface area contributed by atoms with Gasteiger partial charge in [-0.3, -0.25) is 0 Å². The average molecular weight is 505 g/mol. The standard InChI is InChI=1S/C27H19BrClNO2/c1-31-26-15-18(13-21(16-30)23-11-4-5-12-25(23)29)14-24(28)27(26)32-17-20-9-6-8-19-7-2-3-10-22(19)20/h2-15H,17H2,1H3. The van der Waals surface area contributed by atoms with Crippen LogP contribution in [-0.2, 0) is 6.61 Å². The van der Waals surface area contributed by atoms with Gasteiger partial charge in [-0.05, 0) is 62.1 Å². The lowest BCUT2D eigenvalue weighted by Gasteiger charge is -2.15. The molecule has 158 valence electrons. The van der Waals surface area contributed by atoms with Gasteiger partial charge in [-0.2, -0.15) is 5.26 Å². The third kappa shape index (κ3) is 4.65. The Morgan fingerprint density at radius 1 is 1.03 bits per heavy atom. The predicted molar refractivity (Wildman–Crippen MR) is 134 cm³/mol. The summed E-state index contributed by atoms with van der Waals surface area (Å²) in [6.45, 7) is 0.397. The van der Waals surface area contributed by atoms with Crippen molar-refractivity contribution in [2.45, 2.75) is 6.61 Å². The molecule has 5 heteroatoms. The van der Waals surface area contributed by atoms with Crippen LogP contribution in [0.3, 0.4) is 0 Å². The Morgan fingerprint density at radius 2 is 1.78 bits per heavy atom. The molecule has 0 spiro atoms. The van der Waals surface area contributed by atoms with Gasteiger partial charge in [-0.1, -0.05) is 72.3 Å². The highest BCUT2D eigenvalue weighted by atomic mass is 79.9. The summed E-state index contributed by atoms with van der Waals surface area (Å²) in [4.78, 5) is 0. The molecule has 0 aliphatic heterocycles. The number of nitrogens with zero attached hydrogens (tertiary/aromatic N) is 1. The molecular formula is C27H19BrClNO2. The van der Waals surface area contributed by atoms with Gasteiger partial charge in [0.25, 0.3) is 0 Å². The zero-order chi connectivity index (χ0) is 22.5. The van der Waals surface area contributed by atoms with Crippen molar-refractivity contribution in [3.05, 3.63) is 105 Å². The zero-order valence-electron chi connectivity index (χ0n) is 17.3. The summed E-state index contributed by atoms with van der Waals surface area (Å²) in [6.07, 6.45) is 1.78. The largest absolute Gasteiger partial charge is 0.493 e. The van der Waals surface area contributed by atoms with E-state index in [1.807, 2.05) is 48.5 Å². The van der Waals surface area contributed by atoms with Crippen LogP contribution in [0, 0.1) is 11.3 Å². The second-order valence-electron chi connectivity index (χ2n) is 7.11. The highest BCUT2D eigenvalue weighted by Gasteiger charge is 2.14. The molecule has 0 amide bonds. The second kappa shape index (κ2) is 9.91. The number of rotatable bonds is 6. The lowest BCUT2D eigenvalue weighted by atomic mass is 10.0. The molecule has 0 aromatic heterocycles. The molecular weight excluding hydrogens is 486 g/mol. The minimum absolute atomic E-state index is 0.397. The summed E-state index contributed by atoms with van der Waals surface area (Å²) < 4.78 is 12.5. The molecule has 0 bridgehead atoms. The van der Waals surface area contributed by atoms with Crippen LogP contribution < -0.4 is 9.47 Å². The third-order valence-corrected chi connectivity index (χ3v) is 6.02. The first-order valence-corrected chi connectivity index (χ1v) is 11.1. The Bertz CT molecular complexity index is 1350. The molecule has 3 nitrogen and oxygen atoms in total. The molecule has 0 radical (unpaired) electrons. The molecule has 0 atom stereocenters. The van der Waals surface area contributed by atoms with Gasteiger partial charge in [-0.25, -0.2) is 0 Å². The average Bonchev–Trinajstić information content (AvgIpc) is 2.82. The summed E-state index contributed by atoms with van der Waals surface area (Å²) in [7, 11) is 1.60. The van der Waals surface area contributed by atoms with E-state index in [2.05, 4.69) is 46.3 Å². The Morgan fingerprint density at radius 3 is 2.56 bits per heavy atom. The van der Waals surface area contributed by atoms with Crippen LogP contribution in [0.2, 0.25) is 5.02 Å². The SMILES string of the molecule is COc1cc(C=C(C#N)c2ccccc2Cl)cc(Br)c1OCc1cccc2ccccc12. The third-order valence-electron chi connectivity index (χ3n) is 5.10. The number of hydrogen-bond donors (Lipinski definition) is 0. The fraction of sp³-hybridized carbons (Fsp3) is 0.0741. The van der Waals surface area contributed by atoms with Gasteiger partial charge in [0.15, 0.2) is 11.5 Å². The molecule has 0 aliphatic rings. The van der Waals surface area contributed by atoms with Gasteiger partial charge in [-0.15, -0.1) is 0 Å². The van der Waals surface area contributed by atoms with Crippen LogP contribution in [0.1, 0.15) is 16.7 Å². The van der Waals surface area contributed by atoms with E-state index in [-0.39, 0.29) is 0 Å². The highest BCUT2D eigenvalue weighted by molar-refractivity contribution is 9.10. The van der Waals surface area contributed by atoms with E-state index < -0.39 is 0 Å². The van der Waals surface area contributed by atoms with Gasteiger partial charge >= 0.3 is 0 Å². The van der Waals surface area contributed by atoms with Crippen molar-refractivity contribution in [3.63, 3.8) is 0 Å². The zero-order valence-corrected chi connectivity index (χ0v) is 19.7. The molecule has 32 heavy (non-hydrogen) atoms. The molecule has 4 rings (SSSR count). The number of ether oxygens (including phenoxy) is 2. The maximum absolute atomic E-state index is 9.67. The number of methoxy groups -OCH3 is 1. The molecule has 0 unspecified atom stereocenters. The van der Waals surface area contributed by atoms with E-state index in [0.29, 0.717) is 34.3 Å². The highest BCUT2D eigenvalue weighted by Crippen LogP contribution is 2.38. The molecule has 4 aromatic rings. The van der Waals surface area contributed by atoms with Gasteiger partial charge < -0.3 is 9.47 Å². The Labute approximate surface area is 200 Å². The minimum atomic E-state index is 0.397. The van der Waals surface area contributed by atoms with Gasteiger partial charge in [0, 0.05) is 10.6 Å². The molecule has 4 aromatic carbocycles. The van der Waals surface area contributed by atoms with E-state index in [9.17, 15) is 5.26 Å². The van der Waals surface area contributed by atoms with E-state index in [1.54, 1.807) is 19.3 Å². The summed E-state index contributed by atoms with van der Waals surface area (Å²) >= 11 is 9.88. The lowest BCUT2D eigenvalue weighted by molar-refractivity contribution is 0.283. The maximum Gasteiger partial charge on any atom is 0.175 e. The van der Waals surface area contributed by atoms with E-state index >= 15 is 0 Å². The molecule has 0 fully saturated rings. The molecule has 0 saturated carbocycles.